The molecule has 2 aromatic carbocycles. The second kappa shape index (κ2) is 9.22. The Morgan fingerprint density at radius 2 is 1.65 bits per heavy atom. The minimum atomic E-state index is -0.367. The van der Waals surface area contributed by atoms with Gasteiger partial charge < -0.3 is 15.5 Å². The van der Waals surface area contributed by atoms with Crippen molar-refractivity contribution in [2.75, 3.05) is 28.6 Å². The number of hydrogen-bond donors (Lipinski definition) is 2. The number of carbonyl (C=O) groups is 2. The minimum absolute atomic E-state index is 0.206. The lowest BCUT2D eigenvalue weighted by Gasteiger charge is -2.28. The average Bonchev–Trinajstić information content (AvgIpc) is 3.15. The molecule has 4 rings (SSSR count). The first-order valence-electron chi connectivity index (χ1n) is 10.3. The fourth-order valence-corrected chi connectivity index (χ4v) is 3.85. The summed E-state index contributed by atoms with van der Waals surface area (Å²) in [6.45, 7) is 2.14. The van der Waals surface area contributed by atoms with E-state index < -0.39 is 0 Å². The molecule has 3 aromatic rings. The highest BCUT2D eigenvalue weighted by Crippen LogP contribution is 2.22. The number of rotatable bonds is 5. The van der Waals surface area contributed by atoms with Crippen LogP contribution in [0.15, 0.2) is 54.6 Å². The second-order valence-electron chi connectivity index (χ2n) is 7.52. The highest BCUT2D eigenvalue weighted by molar-refractivity contribution is 6.34. The molecule has 0 aliphatic carbocycles. The van der Waals surface area contributed by atoms with Gasteiger partial charge in [-0.15, -0.1) is 0 Å². The summed E-state index contributed by atoms with van der Waals surface area (Å²) in [5, 5.41) is 10.2. The van der Waals surface area contributed by atoms with Gasteiger partial charge in [0.15, 0.2) is 5.69 Å². The third-order valence-corrected chi connectivity index (χ3v) is 5.65. The summed E-state index contributed by atoms with van der Waals surface area (Å²) < 4.78 is 1.45. The molecule has 0 radical (unpaired) electrons. The normalized spacial score (nSPS) is 13.7. The zero-order valence-electron chi connectivity index (χ0n) is 17.3. The molecule has 2 heterocycles. The number of aromatic nitrogens is 2. The summed E-state index contributed by atoms with van der Waals surface area (Å²) in [7, 11) is 1.66. The Kier molecular flexibility index (Phi) is 6.23. The maximum Gasteiger partial charge on any atom is 0.276 e. The van der Waals surface area contributed by atoms with Crippen LogP contribution >= 0.6 is 11.6 Å². The molecular formula is C23H24ClN5O2. The van der Waals surface area contributed by atoms with E-state index in [2.05, 4.69) is 20.6 Å². The number of aryl methyl sites for hydroxylation is 1. The number of anilines is 3. The molecule has 0 atom stereocenters. The number of hydrogen-bond acceptors (Lipinski definition) is 4. The molecule has 8 heteroatoms. The summed E-state index contributed by atoms with van der Waals surface area (Å²) in [5.74, 6) is -0.316. The topological polar surface area (TPSA) is 79.3 Å². The van der Waals surface area contributed by atoms with E-state index in [4.69, 9.17) is 11.6 Å². The average molecular weight is 438 g/mol. The van der Waals surface area contributed by atoms with E-state index in [1.165, 1.54) is 35.7 Å². The van der Waals surface area contributed by atoms with Crippen molar-refractivity contribution in [3.05, 3.63) is 70.9 Å². The molecular weight excluding hydrogens is 414 g/mol. The van der Waals surface area contributed by atoms with Gasteiger partial charge in [-0.3, -0.25) is 14.3 Å². The van der Waals surface area contributed by atoms with Crippen LogP contribution in [0.1, 0.15) is 40.1 Å². The van der Waals surface area contributed by atoms with Crippen molar-refractivity contribution in [3.63, 3.8) is 0 Å². The molecule has 1 aromatic heterocycles. The van der Waals surface area contributed by atoms with Gasteiger partial charge in [0.2, 0.25) is 0 Å². The molecule has 1 aliphatic rings. The molecule has 31 heavy (non-hydrogen) atoms. The molecule has 0 saturated carbocycles. The first kappa shape index (κ1) is 20.9. The van der Waals surface area contributed by atoms with Gasteiger partial charge in [0.05, 0.1) is 10.6 Å². The van der Waals surface area contributed by atoms with Crippen LogP contribution in [0.4, 0.5) is 17.2 Å². The number of halogens is 1. The van der Waals surface area contributed by atoms with E-state index in [0.29, 0.717) is 22.1 Å². The predicted octanol–water partition coefficient (Wildman–Crippen LogP) is 4.57. The van der Waals surface area contributed by atoms with Crippen LogP contribution in [0.2, 0.25) is 5.02 Å². The largest absolute Gasteiger partial charge is 0.372 e. The van der Waals surface area contributed by atoms with Crippen LogP contribution in [0.3, 0.4) is 0 Å². The van der Waals surface area contributed by atoms with Crippen LogP contribution in [0.25, 0.3) is 0 Å². The zero-order chi connectivity index (χ0) is 21.8. The first-order valence-corrected chi connectivity index (χ1v) is 10.7. The molecule has 1 fully saturated rings. The van der Waals surface area contributed by atoms with Gasteiger partial charge in [-0.2, -0.15) is 5.10 Å². The Labute approximate surface area is 186 Å². The minimum Gasteiger partial charge on any atom is -0.372 e. The number of amides is 2. The van der Waals surface area contributed by atoms with Gasteiger partial charge in [0.1, 0.15) is 5.82 Å². The number of benzene rings is 2. The second-order valence-corrected chi connectivity index (χ2v) is 7.93. The van der Waals surface area contributed by atoms with E-state index in [1.807, 2.05) is 24.3 Å². The zero-order valence-corrected chi connectivity index (χ0v) is 18.0. The van der Waals surface area contributed by atoms with Gasteiger partial charge in [0.25, 0.3) is 11.8 Å². The highest BCUT2D eigenvalue weighted by Gasteiger charge is 2.17. The number of nitrogens with zero attached hydrogens (tertiary/aromatic N) is 3. The summed E-state index contributed by atoms with van der Waals surface area (Å²) >= 11 is 6.08. The summed E-state index contributed by atoms with van der Waals surface area (Å²) in [5.41, 5.74) is 2.42. The smallest absolute Gasteiger partial charge is 0.276 e. The highest BCUT2D eigenvalue weighted by atomic mass is 35.5. The lowest BCUT2D eigenvalue weighted by atomic mass is 10.1. The van der Waals surface area contributed by atoms with Crippen LogP contribution in [-0.2, 0) is 7.05 Å². The quantitative estimate of drug-likeness (QED) is 0.612. The van der Waals surface area contributed by atoms with Crippen LogP contribution in [0.5, 0.6) is 0 Å². The maximum absolute atomic E-state index is 12.6. The van der Waals surface area contributed by atoms with Crippen molar-refractivity contribution in [3.8, 4) is 0 Å². The number of nitrogens with one attached hydrogen (secondary N) is 2. The molecule has 1 saturated heterocycles. The lowest BCUT2D eigenvalue weighted by Crippen LogP contribution is -2.29. The first-order chi connectivity index (χ1) is 15.0. The molecule has 160 valence electrons. The molecule has 0 spiro atoms. The van der Waals surface area contributed by atoms with Crippen molar-refractivity contribution in [2.24, 2.45) is 7.05 Å². The summed E-state index contributed by atoms with van der Waals surface area (Å²) in [4.78, 5) is 27.5. The van der Waals surface area contributed by atoms with E-state index in [-0.39, 0.29) is 17.5 Å². The van der Waals surface area contributed by atoms with Crippen molar-refractivity contribution in [1.29, 1.82) is 0 Å². The standard InChI is InChI=1S/C23H24ClN5O2/c1-28-21(26-22(30)18-7-3-4-8-19(18)24)15-20(27-28)23(31)25-16-9-11-17(12-10-16)29-13-5-2-6-14-29/h3-4,7-12,15H,2,5-6,13-14H2,1H3,(H,25,31)(H,26,30). The Morgan fingerprint density at radius 3 is 2.35 bits per heavy atom. The van der Waals surface area contributed by atoms with E-state index in [0.717, 1.165) is 13.1 Å². The van der Waals surface area contributed by atoms with Crippen molar-refractivity contribution in [2.45, 2.75) is 19.3 Å². The molecule has 1 aliphatic heterocycles. The van der Waals surface area contributed by atoms with E-state index >= 15 is 0 Å². The lowest BCUT2D eigenvalue weighted by molar-refractivity contribution is 0.101. The molecule has 2 amide bonds. The van der Waals surface area contributed by atoms with Crippen LogP contribution < -0.4 is 15.5 Å². The van der Waals surface area contributed by atoms with Crippen molar-refractivity contribution < 1.29 is 9.59 Å². The van der Waals surface area contributed by atoms with Gasteiger partial charge in [-0.25, -0.2) is 0 Å². The van der Waals surface area contributed by atoms with Crippen molar-refractivity contribution >= 4 is 40.6 Å². The summed E-state index contributed by atoms with van der Waals surface area (Å²) in [6, 6.07) is 16.1. The summed E-state index contributed by atoms with van der Waals surface area (Å²) in [6.07, 6.45) is 3.72. The Balaban J connectivity index is 1.41. The Morgan fingerprint density at radius 1 is 0.935 bits per heavy atom. The van der Waals surface area contributed by atoms with Gasteiger partial charge in [-0.05, 0) is 55.7 Å². The maximum atomic E-state index is 12.6. The predicted molar refractivity (Wildman–Crippen MR) is 123 cm³/mol. The number of piperidine rings is 1. The van der Waals surface area contributed by atoms with Crippen LogP contribution in [0, 0.1) is 0 Å². The monoisotopic (exact) mass is 437 g/mol. The fourth-order valence-electron chi connectivity index (χ4n) is 3.63. The fraction of sp³-hybridized carbons (Fsp3) is 0.261. The third kappa shape index (κ3) is 4.88. The van der Waals surface area contributed by atoms with Crippen LogP contribution in [-0.4, -0.2) is 34.7 Å². The molecule has 2 N–H and O–H groups in total. The molecule has 7 nitrogen and oxygen atoms in total. The third-order valence-electron chi connectivity index (χ3n) is 5.32. The Hall–Kier alpha value is -3.32. The SMILES string of the molecule is Cn1nc(C(=O)Nc2ccc(N3CCCCC3)cc2)cc1NC(=O)c1ccccc1Cl. The van der Waals surface area contributed by atoms with Gasteiger partial charge in [0, 0.05) is 37.6 Å². The molecule has 0 unspecified atom stereocenters. The number of carbonyl (C=O) groups excluding carboxylic acids is 2. The van der Waals surface area contributed by atoms with Gasteiger partial charge in [-0.1, -0.05) is 23.7 Å². The van der Waals surface area contributed by atoms with E-state index in [1.54, 1.807) is 31.3 Å². The van der Waals surface area contributed by atoms with Gasteiger partial charge >= 0.3 is 0 Å². The van der Waals surface area contributed by atoms with Crippen molar-refractivity contribution in [1.82, 2.24) is 9.78 Å². The van der Waals surface area contributed by atoms with E-state index in [9.17, 15) is 9.59 Å². The molecule has 0 bridgehead atoms. The Bertz CT molecular complexity index is 1090.